The van der Waals surface area contributed by atoms with Gasteiger partial charge in [0.1, 0.15) is 5.75 Å². The fourth-order valence-electron chi connectivity index (χ4n) is 4.74. The average Bonchev–Trinajstić information content (AvgIpc) is 3.27. The third-order valence-corrected chi connectivity index (χ3v) is 6.92. The Balaban J connectivity index is 1.88. The molecule has 1 unspecified atom stereocenters. The van der Waals surface area contributed by atoms with Gasteiger partial charge in [0.25, 0.3) is 0 Å². The monoisotopic (exact) mass is 489 g/mol. The van der Waals surface area contributed by atoms with E-state index in [1.807, 2.05) is 6.07 Å². The van der Waals surface area contributed by atoms with Gasteiger partial charge in [-0.25, -0.2) is 4.79 Å². The molecule has 0 aliphatic heterocycles. The zero-order chi connectivity index (χ0) is 26.1. The second-order valence-corrected chi connectivity index (χ2v) is 9.94. The highest BCUT2D eigenvalue weighted by atomic mass is 16.5. The minimum Gasteiger partial charge on any atom is -0.493 e. The van der Waals surface area contributed by atoms with Gasteiger partial charge in [0.2, 0.25) is 0 Å². The van der Waals surface area contributed by atoms with Crippen molar-refractivity contribution in [1.82, 2.24) is 4.57 Å². The van der Waals surface area contributed by atoms with Crippen molar-refractivity contribution in [3.63, 3.8) is 0 Å². The first-order valence-electron chi connectivity index (χ1n) is 13.6. The summed E-state index contributed by atoms with van der Waals surface area (Å²) in [7, 11) is 0. The van der Waals surface area contributed by atoms with Gasteiger partial charge in [-0.1, -0.05) is 58.4 Å². The maximum absolute atomic E-state index is 11.4. The van der Waals surface area contributed by atoms with Gasteiger partial charge in [-0.3, -0.25) is 0 Å². The third kappa shape index (κ3) is 6.81. The van der Waals surface area contributed by atoms with Crippen LogP contribution in [0.5, 0.6) is 5.75 Å². The summed E-state index contributed by atoms with van der Waals surface area (Å²) < 4.78 is 13.8. The number of hydrogen-bond donors (Lipinski definition) is 0. The van der Waals surface area contributed by atoms with Gasteiger partial charge < -0.3 is 14.0 Å². The number of unbranched alkanes of at least 4 members (excludes halogenated alkanes) is 2. The maximum atomic E-state index is 11.4. The second-order valence-electron chi connectivity index (χ2n) is 9.94. The van der Waals surface area contributed by atoms with Crippen molar-refractivity contribution < 1.29 is 14.3 Å². The van der Waals surface area contributed by atoms with E-state index >= 15 is 0 Å². The highest BCUT2D eigenvalue weighted by Gasteiger charge is 2.17. The first-order chi connectivity index (χ1) is 17.4. The van der Waals surface area contributed by atoms with Crippen LogP contribution < -0.4 is 4.74 Å². The lowest BCUT2D eigenvalue weighted by molar-refractivity contribution is -0.139. The molecule has 1 atom stereocenters. The number of carbonyl (C=O) groups excluding carboxylic acids is 1. The summed E-state index contributed by atoms with van der Waals surface area (Å²) in [5, 5.41) is 1.21. The summed E-state index contributed by atoms with van der Waals surface area (Å²) in [6.45, 7) is 15.4. The van der Waals surface area contributed by atoms with Crippen molar-refractivity contribution in [1.29, 1.82) is 0 Å². The Kier molecular flexibility index (Phi) is 10.2. The predicted molar refractivity (Wildman–Crippen MR) is 151 cm³/mol. The minimum atomic E-state index is -0.391. The van der Waals surface area contributed by atoms with E-state index in [1.165, 1.54) is 58.6 Å². The molecule has 0 aliphatic carbocycles. The van der Waals surface area contributed by atoms with Gasteiger partial charge in [0.15, 0.2) is 0 Å². The number of benzene rings is 2. The Morgan fingerprint density at radius 2 is 1.83 bits per heavy atom. The van der Waals surface area contributed by atoms with Crippen molar-refractivity contribution in [3.8, 4) is 17.0 Å². The molecule has 0 radical (unpaired) electrons. The van der Waals surface area contributed by atoms with Crippen LogP contribution >= 0.6 is 0 Å². The molecule has 0 fully saturated rings. The molecule has 36 heavy (non-hydrogen) atoms. The summed E-state index contributed by atoms with van der Waals surface area (Å²) in [5.41, 5.74) is 6.61. The molecule has 0 N–H and O–H groups in total. The summed E-state index contributed by atoms with van der Waals surface area (Å²) in [6, 6.07) is 16.0. The van der Waals surface area contributed by atoms with Gasteiger partial charge in [-0.05, 0) is 68.9 Å². The second kappa shape index (κ2) is 13.3. The summed E-state index contributed by atoms with van der Waals surface area (Å²) in [4.78, 5) is 11.4. The Labute approximate surface area is 217 Å². The Bertz CT molecular complexity index is 1160. The first kappa shape index (κ1) is 27.6. The molecule has 2 aromatic carbocycles. The number of aryl methyl sites for hydroxylation is 2. The molecule has 0 spiro atoms. The molecule has 0 aliphatic rings. The van der Waals surface area contributed by atoms with Crippen molar-refractivity contribution in [2.75, 3.05) is 13.2 Å². The predicted octanol–water partition coefficient (Wildman–Crippen LogP) is 8.32. The topological polar surface area (TPSA) is 40.5 Å². The summed E-state index contributed by atoms with van der Waals surface area (Å²) in [5.74, 6) is 0.585. The molecular weight excluding hydrogens is 446 g/mol. The van der Waals surface area contributed by atoms with Crippen molar-refractivity contribution in [2.45, 2.75) is 79.2 Å². The quantitative estimate of drug-likeness (QED) is 0.130. The van der Waals surface area contributed by atoms with Crippen LogP contribution in [0.2, 0.25) is 0 Å². The zero-order valence-corrected chi connectivity index (χ0v) is 22.8. The van der Waals surface area contributed by atoms with E-state index in [2.05, 4.69) is 82.2 Å². The van der Waals surface area contributed by atoms with Crippen LogP contribution in [0.3, 0.4) is 0 Å². The van der Waals surface area contributed by atoms with Gasteiger partial charge in [-0.2, -0.15) is 0 Å². The van der Waals surface area contributed by atoms with Crippen molar-refractivity contribution in [3.05, 3.63) is 66.2 Å². The molecule has 0 saturated heterocycles. The van der Waals surface area contributed by atoms with Crippen LogP contribution in [-0.2, 0) is 22.4 Å². The fraction of sp³-hybridized carbons (Fsp3) is 0.469. The lowest BCUT2D eigenvalue weighted by Gasteiger charge is -2.19. The number of esters is 1. The van der Waals surface area contributed by atoms with Crippen LogP contribution in [0.1, 0.15) is 77.5 Å². The van der Waals surface area contributed by atoms with Crippen molar-refractivity contribution in [2.24, 2.45) is 5.92 Å². The van der Waals surface area contributed by atoms with E-state index in [9.17, 15) is 4.79 Å². The SMILES string of the molecule is C=CC(=O)OCC(CC)COc1ccc2cc(-c3ccc(CCCCC)cc3CC)n(C(C)C)c2c1. The van der Waals surface area contributed by atoms with E-state index in [0.717, 1.165) is 25.0 Å². The largest absolute Gasteiger partial charge is 0.493 e. The molecule has 4 heteroatoms. The summed E-state index contributed by atoms with van der Waals surface area (Å²) in [6.07, 6.45) is 8.02. The van der Waals surface area contributed by atoms with E-state index in [0.29, 0.717) is 19.3 Å². The highest BCUT2D eigenvalue weighted by Crippen LogP contribution is 2.35. The van der Waals surface area contributed by atoms with Gasteiger partial charge in [0.05, 0.1) is 18.7 Å². The van der Waals surface area contributed by atoms with E-state index in [-0.39, 0.29) is 5.92 Å². The lowest BCUT2D eigenvalue weighted by atomic mass is 9.96. The molecule has 1 heterocycles. The third-order valence-electron chi connectivity index (χ3n) is 6.92. The van der Waals surface area contributed by atoms with Gasteiger partial charge in [-0.15, -0.1) is 0 Å². The van der Waals surface area contributed by atoms with Gasteiger partial charge in [0, 0.05) is 40.7 Å². The number of fused-ring (bicyclic) bond motifs is 1. The molecule has 194 valence electrons. The Morgan fingerprint density at radius 1 is 1.03 bits per heavy atom. The zero-order valence-electron chi connectivity index (χ0n) is 22.8. The molecule has 0 saturated carbocycles. The average molecular weight is 490 g/mol. The smallest absolute Gasteiger partial charge is 0.330 e. The molecular formula is C32H43NO3. The minimum absolute atomic E-state index is 0.139. The molecule has 1 aromatic heterocycles. The number of rotatable bonds is 14. The molecule has 3 aromatic rings. The van der Waals surface area contributed by atoms with Crippen LogP contribution in [0.4, 0.5) is 0 Å². The molecule has 0 bridgehead atoms. The normalized spacial score (nSPS) is 12.2. The van der Waals surface area contributed by atoms with E-state index in [1.54, 1.807) is 0 Å². The lowest BCUT2D eigenvalue weighted by Crippen LogP contribution is -2.19. The van der Waals surface area contributed by atoms with Gasteiger partial charge >= 0.3 is 5.97 Å². The Hall–Kier alpha value is -3.01. The number of carbonyl (C=O) groups is 1. The number of ether oxygens (including phenoxy) is 2. The van der Waals surface area contributed by atoms with Crippen LogP contribution in [0.15, 0.2) is 55.1 Å². The molecule has 0 amide bonds. The van der Waals surface area contributed by atoms with Crippen LogP contribution in [0.25, 0.3) is 22.2 Å². The molecule has 4 nitrogen and oxygen atoms in total. The number of hydrogen-bond acceptors (Lipinski definition) is 3. The van der Waals surface area contributed by atoms with Crippen LogP contribution in [0, 0.1) is 5.92 Å². The van der Waals surface area contributed by atoms with Crippen LogP contribution in [-0.4, -0.2) is 23.8 Å². The van der Waals surface area contributed by atoms with E-state index < -0.39 is 5.97 Å². The van der Waals surface area contributed by atoms with Crippen molar-refractivity contribution >= 4 is 16.9 Å². The number of nitrogens with zero attached hydrogens (tertiary/aromatic N) is 1. The van der Waals surface area contributed by atoms with E-state index in [4.69, 9.17) is 9.47 Å². The fourth-order valence-corrected chi connectivity index (χ4v) is 4.74. The standard InChI is InChI=1S/C32H43NO3/c1-7-11-12-13-25-14-17-29(26(9-3)18-25)31-19-27-15-16-28(20-30(27)33(31)23(5)6)35-21-24(8-2)22-36-32(34)10-4/h10,14-20,23-24H,4,7-9,11-13,21-22H2,1-3,5-6H3. The summed E-state index contributed by atoms with van der Waals surface area (Å²) >= 11 is 0. The maximum Gasteiger partial charge on any atom is 0.330 e. The first-order valence-corrected chi connectivity index (χ1v) is 13.6. The Morgan fingerprint density at radius 3 is 2.50 bits per heavy atom. The molecule has 3 rings (SSSR count). The highest BCUT2D eigenvalue weighted by molar-refractivity contribution is 5.89. The number of aromatic nitrogens is 1.